The maximum absolute atomic E-state index is 12.6. The van der Waals surface area contributed by atoms with Crippen LogP contribution in [0.15, 0.2) is 21.8 Å². The monoisotopic (exact) mass is 542 g/mol. The van der Waals surface area contributed by atoms with Gasteiger partial charge in [-0.2, -0.15) is 4.31 Å². The van der Waals surface area contributed by atoms with Gasteiger partial charge in [0.15, 0.2) is 5.96 Å². The zero-order valence-electron chi connectivity index (χ0n) is 16.8. The predicted molar refractivity (Wildman–Crippen MR) is 121 cm³/mol. The van der Waals surface area contributed by atoms with Gasteiger partial charge in [0, 0.05) is 58.4 Å². The molecule has 0 amide bonds. The predicted octanol–water partition coefficient (Wildman–Crippen LogP) is 0.0377. The largest absolute Gasteiger partial charge is 0.379 e. The number of sulfonamides is 1. The van der Waals surface area contributed by atoms with Crippen LogP contribution in [0.2, 0.25) is 0 Å². The van der Waals surface area contributed by atoms with Gasteiger partial charge >= 0.3 is 0 Å². The van der Waals surface area contributed by atoms with Crippen molar-refractivity contribution in [1.82, 2.24) is 24.6 Å². The van der Waals surface area contributed by atoms with Crippen molar-refractivity contribution in [2.75, 3.05) is 72.1 Å². The van der Waals surface area contributed by atoms with Gasteiger partial charge in [-0.1, -0.05) is 5.16 Å². The first-order chi connectivity index (χ1) is 13.6. The Kier molecular flexibility index (Phi) is 10.1. The van der Waals surface area contributed by atoms with Gasteiger partial charge in [-0.15, -0.1) is 24.0 Å². The van der Waals surface area contributed by atoms with Crippen molar-refractivity contribution in [2.24, 2.45) is 4.99 Å². The third-order valence-corrected chi connectivity index (χ3v) is 6.68. The van der Waals surface area contributed by atoms with Crippen LogP contribution in [0.1, 0.15) is 12.6 Å². The van der Waals surface area contributed by atoms with E-state index in [-0.39, 0.29) is 29.7 Å². The molecule has 2 aliphatic heterocycles. The molecule has 0 spiro atoms. The second kappa shape index (κ2) is 12.0. The molecule has 0 radical (unpaired) electrons. The fraction of sp³-hybridized carbons (Fsp3) is 0.765. The summed E-state index contributed by atoms with van der Waals surface area (Å²) >= 11 is 0. The minimum atomic E-state index is -3.39. The summed E-state index contributed by atoms with van der Waals surface area (Å²) in [6, 6.07) is 1.58. The molecule has 2 fully saturated rings. The topological polar surface area (TPSA) is 104 Å². The Bertz CT molecular complexity index is 716. The highest BCUT2D eigenvalue weighted by Gasteiger charge is 2.29. The molecule has 166 valence electrons. The van der Waals surface area contributed by atoms with Crippen LogP contribution >= 0.6 is 24.0 Å². The van der Waals surface area contributed by atoms with Crippen LogP contribution in [0.25, 0.3) is 0 Å². The molecule has 0 atom stereocenters. The molecule has 29 heavy (non-hydrogen) atoms. The molecule has 1 aromatic heterocycles. The molecule has 1 aromatic rings. The second-order valence-electron chi connectivity index (χ2n) is 6.82. The highest BCUT2D eigenvalue weighted by Crippen LogP contribution is 2.13. The van der Waals surface area contributed by atoms with E-state index in [4.69, 9.17) is 14.3 Å². The normalized spacial score (nSPS) is 19.8. The third-order valence-electron chi connectivity index (χ3n) is 4.87. The second-order valence-corrected chi connectivity index (χ2v) is 8.79. The SMILES string of the molecule is CCNC(=NCCN1CCOCC1)N1CCN(S(=O)(=O)Cc2ccon2)CC1.I. The lowest BCUT2D eigenvalue weighted by molar-refractivity contribution is 0.0394. The Morgan fingerprint density at radius 2 is 1.93 bits per heavy atom. The fourth-order valence-corrected chi connectivity index (χ4v) is 4.74. The smallest absolute Gasteiger partial charge is 0.220 e. The van der Waals surface area contributed by atoms with E-state index >= 15 is 0 Å². The molecule has 0 aromatic carbocycles. The van der Waals surface area contributed by atoms with Gasteiger partial charge in [-0.05, 0) is 6.92 Å². The quantitative estimate of drug-likeness (QED) is 0.293. The Balaban J connectivity index is 0.00000300. The Hall–Kier alpha value is -0.960. The Morgan fingerprint density at radius 3 is 2.55 bits per heavy atom. The number of aromatic nitrogens is 1. The number of rotatable bonds is 7. The van der Waals surface area contributed by atoms with Crippen molar-refractivity contribution < 1.29 is 17.7 Å². The molecule has 3 rings (SSSR count). The minimum absolute atomic E-state index is 0. The van der Waals surface area contributed by atoms with Crippen LogP contribution < -0.4 is 5.32 Å². The van der Waals surface area contributed by atoms with E-state index in [1.807, 2.05) is 6.92 Å². The minimum Gasteiger partial charge on any atom is -0.379 e. The summed E-state index contributed by atoms with van der Waals surface area (Å²) < 4.78 is 36.8. The van der Waals surface area contributed by atoms with Crippen LogP contribution in [0.5, 0.6) is 0 Å². The number of guanidine groups is 1. The number of morpholine rings is 1. The van der Waals surface area contributed by atoms with Gasteiger partial charge in [0.05, 0.1) is 25.5 Å². The lowest BCUT2D eigenvalue weighted by atomic mass is 10.4. The molecule has 2 saturated heterocycles. The summed E-state index contributed by atoms with van der Waals surface area (Å²) in [6.07, 6.45) is 1.39. The molecule has 10 nitrogen and oxygen atoms in total. The molecule has 0 unspecified atom stereocenters. The summed E-state index contributed by atoms with van der Waals surface area (Å²) in [5.74, 6) is 0.723. The van der Waals surface area contributed by atoms with Gasteiger partial charge in [0.25, 0.3) is 0 Å². The van der Waals surface area contributed by atoms with Crippen molar-refractivity contribution in [3.63, 3.8) is 0 Å². The zero-order chi connectivity index (χ0) is 19.8. The molecule has 0 bridgehead atoms. The van der Waals surface area contributed by atoms with E-state index in [1.54, 1.807) is 6.07 Å². The highest BCUT2D eigenvalue weighted by molar-refractivity contribution is 14.0. The van der Waals surface area contributed by atoms with Gasteiger partial charge in [0.1, 0.15) is 12.0 Å². The van der Waals surface area contributed by atoms with E-state index in [1.165, 1.54) is 10.6 Å². The zero-order valence-corrected chi connectivity index (χ0v) is 20.0. The summed E-state index contributed by atoms with van der Waals surface area (Å²) in [4.78, 5) is 9.22. The maximum Gasteiger partial charge on any atom is 0.220 e. The first kappa shape index (κ1) is 24.3. The van der Waals surface area contributed by atoms with Crippen LogP contribution in [0.3, 0.4) is 0 Å². The van der Waals surface area contributed by atoms with E-state index in [0.29, 0.717) is 38.4 Å². The lowest BCUT2D eigenvalue weighted by Gasteiger charge is -2.36. The molecule has 3 heterocycles. The van der Waals surface area contributed by atoms with Crippen LogP contribution in [0, 0.1) is 0 Å². The molecule has 0 aliphatic carbocycles. The lowest BCUT2D eigenvalue weighted by Crippen LogP contribution is -2.54. The van der Waals surface area contributed by atoms with Crippen molar-refractivity contribution >= 4 is 40.0 Å². The van der Waals surface area contributed by atoms with Crippen molar-refractivity contribution in [3.8, 4) is 0 Å². The Morgan fingerprint density at radius 1 is 1.21 bits per heavy atom. The number of nitrogens with zero attached hydrogens (tertiary/aromatic N) is 5. The third kappa shape index (κ3) is 7.35. The molecule has 2 aliphatic rings. The van der Waals surface area contributed by atoms with Crippen molar-refractivity contribution in [1.29, 1.82) is 0 Å². The number of piperazine rings is 1. The number of hydrogen-bond donors (Lipinski definition) is 1. The van der Waals surface area contributed by atoms with Crippen LogP contribution in [0.4, 0.5) is 0 Å². The van der Waals surface area contributed by atoms with E-state index in [2.05, 4.69) is 20.3 Å². The Labute approximate surface area is 189 Å². The molecular formula is C17H31IN6O4S. The first-order valence-electron chi connectivity index (χ1n) is 9.79. The van der Waals surface area contributed by atoms with Crippen LogP contribution in [-0.4, -0.2) is 106 Å². The molecule has 12 heteroatoms. The number of halogens is 1. The van der Waals surface area contributed by atoms with E-state index in [9.17, 15) is 8.42 Å². The first-order valence-corrected chi connectivity index (χ1v) is 11.4. The summed E-state index contributed by atoms with van der Waals surface area (Å²) in [5.41, 5.74) is 0.431. The average Bonchev–Trinajstić information content (AvgIpc) is 3.20. The average molecular weight is 542 g/mol. The molecule has 0 saturated carbocycles. The fourth-order valence-electron chi connectivity index (χ4n) is 3.32. The number of hydrogen-bond acceptors (Lipinski definition) is 7. The van der Waals surface area contributed by atoms with Crippen molar-refractivity contribution in [3.05, 3.63) is 18.0 Å². The number of nitrogens with one attached hydrogen (secondary N) is 1. The summed E-state index contributed by atoms with van der Waals surface area (Å²) in [6.45, 7) is 10.0. The number of ether oxygens (including phenoxy) is 1. The van der Waals surface area contributed by atoms with Crippen LogP contribution in [-0.2, 0) is 20.5 Å². The van der Waals surface area contributed by atoms with Crippen molar-refractivity contribution in [2.45, 2.75) is 12.7 Å². The standard InChI is InChI=1S/C17H30N6O4S.HI/c1-2-18-17(19-4-5-21-10-13-26-14-11-21)22-6-8-23(9-7-22)28(24,25)15-16-3-12-27-20-16;/h3,12H,2,4-11,13-15H2,1H3,(H,18,19);1H. The highest BCUT2D eigenvalue weighted by atomic mass is 127. The maximum atomic E-state index is 12.6. The van der Waals surface area contributed by atoms with Gasteiger partial charge in [-0.3, -0.25) is 9.89 Å². The van der Waals surface area contributed by atoms with E-state index in [0.717, 1.165) is 45.4 Å². The summed E-state index contributed by atoms with van der Waals surface area (Å²) in [5, 5.41) is 7.03. The van der Waals surface area contributed by atoms with Gasteiger partial charge < -0.3 is 19.5 Å². The summed E-state index contributed by atoms with van der Waals surface area (Å²) in [7, 11) is -3.39. The van der Waals surface area contributed by atoms with Gasteiger partial charge in [0.2, 0.25) is 10.0 Å². The number of aliphatic imine (C=N–C) groups is 1. The molecule has 1 N–H and O–H groups in total. The van der Waals surface area contributed by atoms with Gasteiger partial charge in [-0.25, -0.2) is 8.42 Å². The molecular weight excluding hydrogens is 511 g/mol. The van der Waals surface area contributed by atoms with E-state index < -0.39 is 10.0 Å².